The van der Waals surface area contributed by atoms with Crippen molar-refractivity contribution in [2.45, 2.75) is 18.5 Å². The molecule has 1 heterocycles. The number of hydrogen-bond donors (Lipinski definition) is 0. The Morgan fingerprint density at radius 2 is 2.40 bits per heavy atom. The predicted octanol–water partition coefficient (Wildman–Crippen LogP) is 0.712. The molecule has 0 aliphatic carbocycles. The maximum absolute atomic E-state index is 3.82. The summed E-state index contributed by atoms with van der Waals surface area (Å²) in [6.45, 7) is 2.14. The number of thioether (sulfide) groups is 1. The number of nitrogens with zero attached hydrogens (tertiary/aromatic N) is 4. The molecule has 5 heteroatoms. The van der Waals surface area contributed by atoms with Crippen molar-refractivity contribution < 1.29 is 0 Å². The van der Waals surface area contributed by atoms with Gasteiger partial charge in [0.15, 0.2) is 0 Å². The van der Waals surface area contributed by atoms with Crippen LogP contribution in [0.3, 0.4) is 0 Å². The Morgan fingerprint density at radius 1 is 1.60 bits per heavy atom. The summed E-state index contributed by atoms with van der Waals surface area (Å²) in [5.41, 5.74) is 0. The van der Waals surface area contributed by atoms with Crippen LogP contribution in [0.2, 0.25) is 0 Å². The van der Waals surface area contributed by atoms with Crippen molar-refractivity contribution in [1.29, 1.82) is 0 Å². The van der Waals surface area contributed by atoms with Gasteiger partial charge in [-0.15, -0.1) is 5.10 Å². The average molecular weight is 158 g/mol. The van der Waals surface area contributed by atoms with E-state index in [9.17, 15) is 0 Å². The van der Waals surface area contributed by atoms with Crippen molar-refractivity contribution >= 4 is 11.8 Å². The molecule has 0 saturated carbocycles. The summed E-state index contributed by atoms with van der Waals surface area (Å²) in [6, 6.07) is 0. The number of rotatable bonds is 3. The minimum Gasteiger partial charge on any atom is -0.224 e. The molecule has 0 aromatic carbocycles. The van der Waals surface area contributed by atoms with Gasteiger partial charge in [0.05, 0.1) is 0 Å². The van der Waals surface area contributed by atoms with E-state index in [2.05, 4.69) is 22.4 Å². The molecule has 0 amide bonds. The van der Waals surface area contributed by atoms with E-state index in [4.69, 9.17) is 0 Å². The van der Waals surface area contributed by atoms with Crippen LogP contribution in [0.15, 0.2) is 5.16 Å². The zero-order valence-electron chi connectivity index (χ0n) is 6.11. The lowest BCUT2D eigenvalue weighted by molar-refractivity contribution is 0.664. The van der Waals surface area contributed by atoms with Gasteiger partial charge >= 0.3 is 0 Å². The largest absolute Gasteiger partial charge is 0.224 e. The fourth-order valence-electron chi connectivity index (χ4n) is 0.537. The first-order chi connectivity index (χ1) is 4.84. The van der Waals surface area contributed by atoms with Gasteiger partial charge in [0.25, 0.3) is 0 Å². The third-order valence-electron chi connectivity index (χ3n) is 1.02. The molecule has 1 rings (SSSR count). The molecule has 10 heavy (non-hydrogen) atoms. The van der Waals surface area contributed by atoms with E-state index in [1.165, 1.54) is 0 Å². The van der Waals surface area contributed by atoms with Gasteiger partial charge in [-0.25, -0.2) is 4.68 Å². The van der Waals surface area contributed by atoms with Gasteiger partial charge in [-0.3, -0.25) is 0 Å². The Morgan fingerprint density at radius 3 is 2.90 bits per heavy atom. The van der Waals surface area contributed by atoms with Crippen LogP contribution in [-0.2, 0) is 7.05 Å². The molecule has 0 atom stereocenters. The summed E-state index contributed by atoms with van der Waals surface area (Å²) in [7, 11) is 1.85. The smallest absolute Gasteiger partial charge is 0.209 e. The lowest BCUT2D eigenvalue weighted by Gasteiger charge is -1.93. The van der Waals surface area contributed by atoms with Gasteiger partial charge in [0, 0.05) is 12.8 Å². The van der Waals surface area contributed by atoms with Gasteiger partial charge in [0.1, 0.15) is 0 Å². The molecule has 0 fully saturated rings. The lowest BCUT2D eigenvalue weighted by atomic mass is 10.6. The molecule has 0 saturated heterocycles. The second-order valence-electron chi connectivity index (χ2n) is 1.93. The number of hydrogen-bond acceptors (Lipinski definition) is 4. The van der Waals surface area contributed by atoms with Crippen LogP contribution in [0.25, 0.3) is 0 Å². The molecule has 0 bridgehead atoms. The Hall–Kier alpha value is -0.580. The van der Waals surface area contributed by atoms with Gasteiger partial charge < -0.3 is 0 Å². The van der Waals surface area contributed by atoms with Crippen molar-refractivity contribution in [2.75, 3.05) is 5.75 Å². The maximum atomic E-state index is 3.82. The summed E-state index contributed by atoms with van der Waals surface area (Å²) >= 11 is 1.68. The summed E-state index contributed by atoms with van der Waals surface area (Å²) in [5, 5.41) is 11.9. The van der Waals surface area contributed by atoms with Crippen molar-refractivity contribution in [3.05, 3.63) is 0 Å². The van der Waals surface area contributed by atoms with E-state index in [-0.39, 0.29) is 0 Å². The topological polar surface area (TPSA) is 43.6 Å². The summed E-state index contributed by atoms with van der Waals surface area (Å²) < 4.78 is 1.68. The van der Waals surface area contributed by atoms with Crippen molar-refractivity contribution in [3.63, 3.8) is 0 Å². The van der Waals surface area contributed by atoms with Crippen LogP contribution < -0.4 is 0 Å². The van der Waals surface area contributed by atoms with E-state index in [0.29, 0.717) is 0 Å². The Kier molecular flexibility index (Phi) is 2.68. The monoisotopic (exact) mass is 158 g/mol. The van der Waals surface area contributed by atoms with Gasteiger partial charge in [0.2, 0.25) is 5.16 Å². The van der Waals surface area contributed by atoms with Crippen molar-refractivity contribution in [1.82, 2.24) is 20.2 Å². The molecular weight excluding hydrogens is 148 g/mol. The van der Waals surface area contributed by atoms with Crippen LogP contribution in [0, 0.1) is 0 Å². The molecule has 0 radical (unpaired) electrons. The van der Waals surface area contributed by atoms with E-state index >= 15 is 0 Å². The summed E-state index contributed by atoms with van der Waals surface area (Å²) in [4.78, 5) is 0. The SMILES string of the molecule is CCCSc1nnnn1C. The zero-order chi connectivity index (χ0) is 7.40. The molecule has 1 aromatic heterocycles. The molecule has 0 aliphatic heterocycles. The van der Waals surface area contributed by atoms with Crippen LogP contribution in [-0.4, -0.2) is 26.0 Å². The molecular formula is C5H10N4S. The van der Waals surface area contributed by atoms with Crippen LogP contribution in [0.5, 0.6) is 0 Å². The number of tetrazole rings is 1. The highest BCUT2D eigenvalue weighted by molar-refractivity contribution is 7.99. The first-order valence-electron chi connectivity index (χ1n) is 3.19. The highest BCUT2D eigenvalue weighted by atomic mass is 32.2. The lowest BCUT2D eigenvalue weighted by Crippen LogP contribution is -1.93. The van der Waals surface area contributed by atoms with Gasteiger partial charge in [-0.1, -0.05) is 18.7 Å². The highest BCUT2D eigenvalue weighted by Gasteiger charge is 1.99. The normalized spacial score (nSPS) is 10.2. The minimum absolute atomic E-state index is 0.891. The van der Waals surface area contributed by atoms with E-state index < -0.39 is 0 Å². The second-order valence-corrected chi connectivity index (χ2v) is 3.00. The first-order valence-corrected chi connectivity index (χ1v) is 4.18. The second kappa shape index (κ2) is 3.55. The number of aromatic nitrogens is 4. The third kappa shape index (κ3) is 1.70. The van der Waals surface area contributed by atoms with Crippen LogP contribution in [0.4, 0.5) is 0 Å². The molecule has 0 aliphatic rings. The highest BCUT2D eigenvalue weighted by Crippen LogP contribution is 2.12. The molecule has 4 nitrogen and oxygen atoms in total. The molecule has 1 aromatic rings. The Labute approximate surface area is 64.0 Å². The quantitative estimate of drug-likeness (QED) is 0.608. The standard InChI is InChI=1S/C5H10N4S/c1-3-4-10-5-6-7-8-9(5)2/h3-4H2,1-2H3. The van der Waals surface area contributed by atoms with Gasteiger partial charge in [-0.2, -0.15) is 0 Å². The molecule has 56 valence electrons. The van der Waals surface area contributed by atoms with E-state index in [1.54, 1.807) is 16.4 Å². The maximum Gasteiger partial charge on any atom is 0.209 e. The van der Waals surface area contributed by atoms with Crippen molar-refractivity contribution in [2.24, 2.45) is 7.05 Å². The van der Waals surface area contributed by atoms with Crippen LogP contribution >= 0.6 is 11.8 Å². The van der Waals surface area contributed by atoms with E-state index in [1.807, 2.05) is 7.05 Å². The summed E-state index contributed by atoms with van der Waals surface area (Å²) in [5.74, 6) is 1.08. The zero-order valence-corrected chi connectivity index (χ0v) is 6.93. The molecule has 0 N–H and O–H groups in total. The van der Waals surface area contributed by atoms with Crippen molar-refractivity contribution in [3.8, 4) is 0 Å². The Balaban J connectivity index is 2.49. The third-order valence-corrected chi connectivity index (χ3v) is 2.23. The summed E-state index contributed by atoms with van der Waals surface area (Å²) in [6.07, 6.45) is 1.15. The Bertz CT molecular complexity index is 197. The predicted molar refractivity (Wildman–Crippen MR) is 39.8 cm³/mol. The molecule has 0 unspecified atom stereocenters. The number of aryl methyl sites for hydroxylation is 1. The molecule has 0 spiro atoms. The minimum atomic E-state index is 0.891. The fraction of sp³-hybridized carbons (Fsp3) is 0.800. The van der Waals surface area contributed by atoms with E-state index in [0.717, 1.165) is 17.3 Å². The first kappa shape index (κ1) is 7.53. The van der Waals surface area contributed by atoms with Gasteiger partial charge in [-0.05, 0) is 16.8 Å². The average Bonchev–Trinajstić information content (AvgIpc) is 2.31. The van der Waals surface area contributed by atoms with Crippen LogP contribution in [0.1, 0.15) is 13.3 Å². The fourth-order valence-corrected chi connectivity index (χ4v) is 1.24.